The number of carbonyl (C=O) groups is 1. The van der Waals surface area contributed by atoms with E-state index >= 15 is 0 Å². The van der Waals surface area contributed by atoms with Crippen molar-refractivity contribution in [1.82, 2.24) is 9.71 Å². The van der Waals surface area contributed by atoms with Crippen molar-refractivity contribution < 1.29 is 17.6 Å². The molecule has 0 saturated heterocycles. The van der Waals surface area contributed by atoms with E-state index in [2.05, 4.69) is 15.0 Å². The van der Waals surface area contributed by atoms with Crippen molar-refractivity contribution in [3.8, 4) is 0 Å². The Labute approximate surface area is 157 Å². The van der Waals surface area contributed by atoms with Crippen LogP contribution in [-0.2, 0) is 10.0 Å². The minimum absolute atomic E-state index is 0.124. The molecule has 1 unspecified atom stereocenters. The zero-order chi connectivity index (χ0) is 19.6. The van der Waals surface area contributed by atoms with Crippen LogP contribution in [0, 0.1) is 6.92 Å². The lowest BCUT2D eigenvalue weighted by atomic mass is 10.2. The van der Waals surface area contributed by atoms with Gasteiger partial charge in [0.05, 0.1) is 4.90 Å². The number of aromatic nitrogens is 1. The van der Waals surface area contributed by atoms with Crippen LogP contribution < -0.4 is 10.0 Å². The van der Waals surface area contributed by atoms with Crippen molar-refractivity contribution in [2.75, 3.05) is 5.32 Å². The standard InChI is InChI=1S/C19H21N3O4S/c1-4-12(2)22-27(24,25)16-8-5-14(6-9-16)19(23)21-15-7-10-18-17(11-15)20-13(3)26-18/h5-12,22H,4H2,1-3H3,(H,21,23). The molecule has 7 nitrogen and oxygen atoms in total. The highest BCUT2D eigenvalue weighted by molar-refractivity contribution is 7.89. The molecule has 0 radical (unpaired) electrons. The molecule has 1 amide bonds. The number of nitrogens with one attached hydrogen (secondary N) is 2. The number of carbonyl (C=O) groups excluding carboxylic acids is 1. The smallest absolute Gasteiger partial charge is 0.255 e. The molecule has 3 rings (SSSR count). The van der Waals surface area contributed by atoms with Gasteiger partial charge in [0.15, 0.2) is 11.5 Å². The predicted molar refractivity (Wildman–Crippen MR) is 103 cm³/mol. The van der Waals surface area contributed by atoms with Crippen LogP contribution in [-0.4, -0.2) is 25.4 Å². The number of amides is 1. The maximum atomic E-state index is 12.4. The Hall–Kier alpha value is -2.71. The van der Waals surface area contributed by atoms with Crippen LogP contribution in [0.3, 0.4) is 0 Å². The fraction of sp³-hybridized carbons (Fsp3) is 0.263. The highest BCUT2D eigenvalue weighted by atomic mass is 32.2. The second kappa shape index (κ2) is 7.50. The number of anilines is 1. The molecule has 3 aromatic rings. The number of hydrogen-bond acceptors (Lipinski definition) is 5. The van der Waals surface area contributed by atoms with E-state index in [0.717, 1.165) is 0 Å². The van der Waals surface area contributed by atoms with Crippen molar-refractivity contribution in [3.63, 3.8) is 0 Å². The van der Waals surface area contributed by atoms with E-state index in [1.165, 1.54) is 24.3 Å². The van der Waals surface area contributed by atoms with E-state index in [1.807, 2.05) is 6.92 Å². The normalized spacial score (nSPS) is 12.9. The van der Waals surface area contributed by atoms with Crippen molar-refractivity contribution in [1.29, 1.82) is 0 Å². The molecule has 0 bridgehead atoms. The average molecular weight is 387 g/mol. The molecular weight excluding hydrogens is 366 g/mol. The Kier molecular flexibility index (Phi) is 5.29. The fourth-order valence-electron chi connectivity index (χ4n) is 2.53. The summed E-state index contributed by atoms with van der Waals surface area (Å²) in [5.41, 5.74) is 2.24. The number of rotatable bonds is 6. The highest BCUT2D eigenvalue weighted by Crippen LogP contribution is 2.20. The highest BCUT2D eigenvalue weighted by Gasteiger charge is 2.17. The molecule has 2 N–H and O–H groups in total. The fourth-order valence-corrected chi connectivity index (χ4v) is 3.85. The van der Waals surface area contributed by atoms with Gasteiger partial charge in [0.1, 0.15) is 5.52 Å². The lowest BCUT2D eigenvalue weighted by Gasteiger charge is -2.12. The summed E-state index contributed by atoms with van der Waals surface area (Å²) in [5, 5.41) is 2.77. The summed E-state index contributed by atoms with van der Waals surface area (Å²) in [6.07, 6.45) is 0.690. The first kappa shape index (κ1) is 19.1. The summed E-state index contributed by atoms with van der Waals surface area (Å²) in [7, 11) is -3.60. The molecule has 8 heteroatoms. The topological polar surface area (TPSA) is 101 Å². The molecule has 0 aliphatic heterocycles. The van der Waals surface area contributed by atoms with Crippen LogP contribution in [0.2, 0.25) is 0 Å². The SMILES string of the molecule is CCC(C)NS(=O)(=O)c1ccc(C(=O)Nc2ccc3oc(C)nc3c2)cc1. The molecule has 0 saturated carbocycles. The number of aryl methyl sites for hydroxylation is 1. The Morgan fingerprint density at radius 2 is 1.89 bits per heavy atom. The van der Waals surface area contributed by atoms with Crippen LogP contribution >= 0.6 is 0 Å². The van der Waals surface area contributed by atoms with Gasteiger partial charge >= 0.3 is 0 Å². The van der Waals surface area contributed by atoms with Gasteiger partial charge in [0.2, 0.25) is 10.0 Å². The number of benzene rings is 2. The van der Waals surface area contributed by atoms with Crippen molar-refractivity contribution in [2.45, 2.75) is 38.1 Å². The first-order valence-electron chi connectivity index (χ1n) is 8.59. The monoisotopic (exact) mass is 387 g/mol. The van der Waals surface area contributed by atoms with E-state index in [0.29, 0.717) is 34.7 Å². The third kappa shape index (κ3) is 4.35. The van der Waals surface area contributed by atoms with Gasteiger partial charge in [-0.3, -0.25) is 4.79 Å². The third-order valence-electron chi connectivity index (χ3n) is 4.15. The van der Waals surface area contributed by atoms with Crippen LogP contribution in [0.5, 0.6) is 0 Å². The van der Waals surface area contributed by atoms with Gasteiger partial charge in [-0.25, -0.2) is 18.1 Å². The second-order valence-corrected chi connectivity index (χ2v) is 8.04. The predicted octanol–water partition coefficient (Wildman–Crippen LogP) is 3.47. The molecule has 2 aromatic carbocycles. The summed E-state index contributed by atoms with van der Waals surface area (Å²) < 4.78 is 32.5. The number of hydrogen-bond donors (Lipinski definition) is 2. The average Bonchev–Trinajstić information content (AvgIpc) is 3.00. The largest absolute Gasteiger partial charge is 0.441 e. The van der Waals surface area contributed by atoms with Crippen molar-refractivity contribution >= 4 is 32.7 Å². The zero-order valence-electron chi connectivity index (χ0n) is 15.3. The summed E-state index contributed by atoms with van der Waals surface area (Å²) in [4.78, 5) is 16.8. The van der Waals surface area contributed by atoms with E-state index < -0.39 is 10.0 Å². The minimum Gasteiger partial charge on any atom is -0.441 e. The number of sulfonamides is 1. The Morgan fingerprint density at radius 3 is 2.56 bits per heavy atom. The zero-order valence-corrected chi connectivity index (χ0v) is 16.1. The van der Waals surface area contributed by atoms with Crippen LogP contribution in [0.1, 0.15) is 36.5 Å². The van der Waals surface area contributed by atoms with E-state index in [9.17, 15) is 13.2 Å². The summed E-state index contributed by atoms with van der Waals surface area (Å²) in [6, 6.07) is 10.8. The van der Waals surface area contributed by atoms with Gasteiger partial charge in [0.25, 0.3) is 5.91 Å². The Morgan fingerprint density at radius 1 is 1.19 bits per heavy atom. The molecule has 27 heavy (non-hydrogen) atoms. The maximum Gasteiger partial charge on any atom is 0.255 e. The summed E-state index contributed by atoms with van der Waals surface area (Å²) in [6.45, 7) is 5.45. The van der Waals surface area contributed by atoms with E-state index in [-0.39, 0.29) is 16.8 Å². The summed E-state index contributed by atoms with van der Waals surface area (Å²) in [5.74, 6) is 0.213. The molecule has 0 aliphatic rings. The second-order valence-electron chi connectivity index (χ2n) is 6.32. The molecule has 0 fully saturated rings. The number of nitrogens with zero attached hydrogens (tertiary/aromatic N) is 1. The van der Waals surface area contributed by atoms with Gasteiger partial charge in [-0.2, -0.15) is 0 Å². The van der Waals surface area contributed by atoms with Crippen molar-refractivity contribution in [3.05, 3.63) is 53.9 Å². The van der Waals surface area contributed by atoms with Crippen LogP contribution in [0.25, 0.3) is 11.1 Å². The maximum absolute atomic E-state index is 12.4. The van der Waals surface area contributed by atoms with Gasteiger partial charge in [0, 0.05) is 24.2 Å². The van der Waals surface area contributed by atoms with Gasteiger partial charge in [-0.05, 0) is 55.8 Å². The summed E-state index contributed by atoms with van der Waals surface area (Å²) >= 11 is 0. The quantitative estimate of drug-likeness (QED) is 0.674. The van der Waals surface area contributed by atoms with Gasteiger partial charge in [-0.15, -0.1) is 0 Å². The Bertz CT molecular complexity index is 1070. The molecular formula is C19H21N3O4S. The van der Waals surface area contributed by atoms with Crippen molar-refractivity contribution in [2.24, 2.45) is 0 Å². The number of oxazole rings is 1. The third-order valence-corrected chi connectivity index (χ3v) is 5.75. The molecule has 142 valence electrons. The molecule has 0 aliphatic carbocycles. The molecule has 1 atom stereocenters. The minimum atomic E-state index is -3.60. The number of fused-ring (bicyclic) bond motifs is 1. The molecule has 1 heterocycles. The van der Waals surface area contributed by atoms with E-state index in [4.69, 9.17) is 4.42 Å². The molecule has 1 aromatic heterocycles. The lowest BCUT2D eigenvalue weighted by molar-refractivity contribution is 0.102. The van der Waals surface area contributed by atoms with E-state index in [1.54, 1.807) is 32.0 Å². The lowest BCUT2D eigenvalue weighted by Crippen LogP contribution is -2.32. The first-order valence-corrected chi connectivity index (χ1v) is 10.1. The van der Waals surface area contributed by atoms with Crippen LogP contribution in [0.4, 0.5) is 5.69 Å². The van der Waals surface area contributed by atoms with Gasteiger partial charge < -0.3 is 9.73 Å². The Balaban J connectivity index is 1.74. The first-order chi connectivity index (χ1) is 12.8. The molecule has 0 spiro atoms. The van der Waals surface area contributed by atoms with Gasteiger partial charge in [-0.1, -0.05) is 6.92 Å². The van der Waals surface area contributed by atoms with Crippen LogP contribution in [0.15, 0.2) is 51.8 Å².